The fourth-order valence-electron chi connectivity index (χ4n) is 4.25. The minimum atomic E-state index is -0.265. The number of carbonyl (C=O) groups excluding carboxylic acids is 1. The standard InChI is InChI=1S/C24H29FN4O/c1-2-3-14-28-15-12-20(13-16-28)29(17-18-8-10-19(25)11-9-18)24(30)23-21-6-4-5-7-22(21)26-27-23/h4-11,20H,2-3,12-17H2,1H3,(H,26,27). The molecule has 0 spiro atoms. The minimum absolute atomic E-state index is 0.0659. The van der Waals surface area contributed by atoms with Gasteiger partial charge < -0.3 is 9.80 Å². The number of benzene rings is 2. The number of piperidine rings is 1. The van der Waals surface area contributed by atoms with Gasteiger partial charge in [-0.25, -0.2) is 4.39 Å². The molecule has 6 heteroatoms. The summed E-state index contributed by atoms with van der Waals surface area (Å²) in [6.45, 7) is 5.79. The van der Waals surface area contributed by atoms with Gasteiger partial charge in [-0.3, -0.25) is 9.89 Å². The van der Waals surface area contributed by atoms with Crippen LogP contribution in [0.15, 0.2) is 48.5 Å². The molecular weight excluding hydrogens is 379 g/mol. The number of amides is 1. The number of hydrogen-bond donors (Lipinski definition) is 1. The van der Waals surface area contributed by atoms with Crippen molar-refractivity contribution in [3.63, 3.8) is 0 Å². The summed E-state index contributed by atoms with van der Waals surface area (Å²) >= 11 is 0. The van der Waals surface area contributed by atoms with E-state index in [1.807, 2.05) is 29.2 Å². The van der Waals surface area contributed by atoms with Gasteiger partial charge in [0.1, 0.15) is 5.82 Å². The molecule has 1 amide bonds. The second-order valence-corrected chi connectivity index (χ2v) is 8.10. The van der Waals surface area contributed by atoms with Gasteiger partial charge in [-0.05, 0) is 49.6 Å². The third-order valence-electron chi connectivity index (χ3n) is 6.03. The van der Waals surface area contributed by atoms with Crippen molar-refractivity contribution in [2.24, 2.45) is 0 Å². The van der Waals surface area contributed by atoms with Gasteiger partial charge in [0.2, 0.25) is 0 Å². The molecule has 0 aliphatic carbocycles. The Morgan fingerprint density at radius 2 is 1.90 bits per heavy atom. The van der Waals surface area contributed by atoms with Gasteiger partial charge >= 0.3 is 0 Å². The van der Waals surface area contributed by atoms with Gasteiger partial charge in [-0.1, -0.05) is 43.7 Å². The Labute approximate surface area is 176 Å². The predicted octanol–water partition coefficient (Wildman–Crippen LogP) is 4.61. The van der Waals surface area contributed by atoms with Crippen LogP contribution in [0.3, 0.4) is 0 Å². The zero-order chi connectivity index (χ0) is 20.9. The Morgan fingerprint density at radius 3 is 2.63 bits per heavy atom. The van der Waals surface area contributed by atoms with Gasteiger partial charge in [0.15, 0.2) is 5.69 Å². The van der Waals surface area contributed by atoms with E-state index < -0.39 is 0 Å². The van der Waals surface area contributed by atoms with Crippen LogP contribution in [-0.2, 0) is 6.54 Å². The maximum absolute atomic E-state index is 13.6. The fourth-order valence-corrected chi connectivity index (χ4v) is 4.25. The lowest BCUT2D eigenvalue weighted by atomic mass is 10.0. The Balaban J connectivity index is 1.57. The van der Waals surface area contributed by atoms with Crippen LogP contribution >= 0.6 is 0 Å². The van der Waals surface area contributed by atoms with Crippen molar-refractivity contribution in [3.8, 4) is 0 Å². The van der Waals surface area contributed by atoms with E-state index >= 15 is 0 Å². The molecule has 0 atom stereocenters. The molecule has 5 nitrogen and oxygen atoms in total. The van der Waals surface area contributed by atoms with Gasteiger partial charge in [0.25, 0.3) is 5.91 Å². The second kappa shape index (κ2) is 9.39. The number of likely N-dealkylation sites (tertiary alicyclic amines) is 1. The number of nitrogens with zero attached hydrogens (tertiary/aromatic N) is 3. The molecule has 2 heterocycles. The molecule has 2 aromatic carbocycles. The van der Waals surface area contributed by atoms with Crippen molar-refractivity contribution in [1.29, 1.82) is 0 Å². The molecule has 4 rings (SSSR count). The van der Waals surface area contributed by atoms with Crippen LogP contribution in [0.5, 0.6) is 0 Å². The summed E-state index contributed by atoms with van der Waals surface area (Å²) in [6, 6.07) is 14.3. The summed E-state index contributed by atoms with van der Waals surface area (Å²) in [7, 11) is 0. The SMILES string of the molecule is CCCCN1CCC(N(Cc2ccc(F)cc2)C(=O)c2n[nH]c3ccccc23)CC1. The van der Waals surface area contributed by atoms with Crippen LogP contribution in [0.2, 0.25) is 0 Å². The third-order valence-corrected chi connectivity index (χ3v) is 6.03. The first-order valence-corrected chi connectivity index (χ1v) is 10.9. The zero-order valence-corrected chi connectivity index (χ0v) is 17.5. The Hall–Kier alpha value is -2.73. The number of halogens is 1. The third kappa shape index (κ3) is 4.54. The average molecular weight is 409 g/mol. The molecular formula is C24H29FN4O. The van der Waals surface area contributed by atoms with Crippen molar-refractivity contribution >= 4 is 16.8 Å². The number of aromatic nitrogens is 2. The molecule has 1 aromatic heterocycles. The summed E-state index contributed by atoms with van der Waals surface area (Å²) in [5.74, 6) is -0.331. The van der Waals surface area contributed by atoms with E-state index in [0.717, 1.165) is 48.9 Å². The Bertz CT molecular complexity index is 976. The molecule has 158 valence electrons. The maximum Gasteiger partial charge on any atom is 0.275 e. The highest BCUT2D eigenvalue weighted by Crippen LogP contribution is 2.24. The lowest BCUT2D eigenvalue weighted by Gasteiger charge is -2.38. The highest BCUT2D eigenvalue weighted by Gasteiger charge is 2.30. The number of nitrogens with one attached hydrogen (secondary N) is 1. The number of aromatic amines is 1. The van der Waals surface area contributed by atoms with Crippen molar-refractivity contribution in [1.82, 2.24) is 20.0 Å². The number of unbranched alkanes of at least 4 members (excludes halogenated alkanes) is 1. The van der Waals surface area contributed by atoms with E-state index in [0.29, 0.717) is 12.2 Å². The van der Waals surface area contributed by atoms with Crippen molar-refractivity contribution < 1.29 is 9.18 Å². The minimum Gasteiger partial charge on any atom is -0.330 e. The number of H-pyrrole nitrogens is 1. The van der Waals surface area contributed by atoms with Crippen molar-refractivity contribution in [2.45, 2.75) is 45.2 Å². The molecule has 30 heavy (non-hydrogen) atoms. The average Bonchev–Trinajstić information content (AvgIpc) is 3.21. The largest absolute Gasteiger partial charge is 0.330 e. The molecule has 0 saturated carbocycles. The molecule has 1 fully saturated rings. The summed E-state index contributed by atoms with van der Waals surface area (Å²) in [4.78, 5) is 18.0. The van der Waals surface area contributed by atoms with E-state index in [2.05, 4.69) is 22.0 Å². The van der Waals surface area contributed by atoms with Crippen LogP contribution in [0.1, 0.15) is 48.7 Å². The van der Waals surface area contributed by atoms with E-state index in [1.54, 1.807) is 12.1 Å². The predicted molar refractivity (Wildman–Crippen MR) is 117 cm³/mol. The highest BCUT2D eigenvalue weighted by molar-refractivity contribution is 6.04. The van der Waals surface area contributed by atoms with E-state index in [4.69, 9.17) is 0 Å². The van der Waals surface area contributed by atoms with E-state index in [9.17, 15) is 9.18 Å². The number of fused-ring (bicyclic) bond motifs is 1. The van der Waals surface area contributed by atoms with Crippen LogP contribution in [0.4, 0.5) is 4.39 Å². The van der Waals surface area contributed by atoms with Crippen molar-refractivity contribution in [2.75, 3.05) is 19.6 Å². The number of para-hydroxylation sites is 1. The lowest BCUT2D eigenvalue weighted by molar-refractivity contribution is 0.0545. The molecule has 0 bridgehead atoms. The summed E-state index contributed by atoms with van der Waals surface area (Å²) in [5, 5.41) is 8.15. The molecule has 1 aliphatic heterocycles. The molecule has 1 saturated heterocycles. The lowest BCUT2D eigenvalue weighted by Crippen LogP contribution is -2.47. The molecule has 3 aromatic rings. The van der Waals surface area contributed by atoms with Gasteiger partial charge in [0.05, 0.1) is 5.52 Å². The van der Waals surface area contributed by atoms with E-state index in [1.165, 1.54) is 25.0 Å². The Kier molecular flexibility index (Phi) is 6.43. The number of carbonyl (C=O) groups is 1. The number of rotatable bonds is 7. The zero-order valence-electron chi connectivity index (χ0n) is 17.5. The summed E-state index contributed by atoms with van der Waals surface area (Å²) in [5.41, 5.74) is 2.25. The molecule has 0 unspecified atom stereocenters. The van der Waals surface area contributed by atoms with Crippen molar-refractivity contribution in [3.05, 3.63) is 65.6 Å². The van der Waals surface area contributed by atoms with Gasteiger partial charge in [-0.2, -0.15) is 5.10 Å². The van der Waals surface area contributed by atoms with Crippen LogP contribution in [-0.4, -0.2) is 51.6 Å². The smallest absolute Gasteiger partial charge is 0.275 e. The first-order valence-electron chi connectivity index (χ1n) is 10.9. The normalized spacial score (nSPS) is 15.5. The topological polar surface area (TPSA) is 52.2 Å². The van der Waals surface area contributed by atoms with Crippen LogP contribution < -0.4 is 0 Å². The molecule has 1 aliphatic rings. The number of hydrogen-bond acceptors (Lipinski definition) is 3. The molecule has 0 radical (unpaired) electrons. The molecule has 1 N–H and O–H groups in total. The highest BCUT2D eigenvalue weighted by atomic mass is 19.1. The Morgan fingerprint density at radius 1 is 1.17 bits per heavy atom. The summed E-state index contributed by atoms with van der Waals surface area (Å²) < 4.78 is 13.4. The monoisotopic (exact) mass is 408 g/mol. The first kappa shape index (κ1) is 20.5. The fraction of sp³-hybridized carbons (Fsp3) is 0.417. The summed E-state index contributed by atoms with van der Waals surface area (Å²) in [6.07, 6.45) is 4.29. The first-order chi connectivity index (χ1) is 14.7. The quantitative estimate of drug-likeness (QED) is 0.621. The van der Waals surface area contributed by atoms with Crippen LogP contribution in [0.25, 0.3) is 10.9 Å². The van der Waals surface area contributed by atoms with E-state index in [-0.39, 0.29) is 17.8 Å². The van der Waals surface area contributed by atoms with Gasteiger partial charge in [0, 0.05) is 31.1 Å². The van der Waals surface area contributed by atoms with Gasteiger partial charge in [-0.15, -0.1) is 0 Å². The second-order valence-electron chi connectivity index (χ2n) is 8.10. The maximum atomic E-state index is 13.6. The van der Waals surface area contributed by atoms with Crippen LogP contribution in [0, 0.1) is 5.82 Å².